The summed E-state index contributed by atoms with van der Waals surface area (Å²) in [5, 5.41) is 7.67. The summed E-state index contributed by atoms with van der Waals surface area (Å²) >= 11 is 0. The summed E-state index contributed by atoms with van der Waals surface area (Å²) < 4.78 is 7.42. The molecular weight excluding hydrogens is 214 g/mol. The Labute approximate surface area is 102 Å². The zero-order chi connectivity index (χ0) is 12.3. The SMILES string of the molecule is CCCn1nccc1C(NC)c1coc(C)c1. The van der Waals surface area contributed by atoms with Crippen molar-refractivity contribution in [3.8, 4) is 0 Å². The second-order valence-corrected chi connectivity index (χ2v) is 4.19. The highest BCUT2D eigenvalue weighted by atomic mass is 16.3. The van der Waals surface area contributed by atoms with Gasteiger partial charge in [-0.2, -0.15) is 5.10 Å². The fraction of sp³-hybridized carbons (Fsp3) is 0.462. The van der Waals surface area contributed by atoms with E-state index in [-0.39, 0.29) is 6.04 Å². The minimum absolute atomic E-state index is 0.140. The van der Waals surface area contributed by atoms with E-state index in [0.29, 0.717) is 0 Å². The number of furan rings is 1. The van der Waals surface area contributed by atoms with Crippen LogP contribution in [0.5, 0.6) is 0 Å². The highest BCUT2D eigenvalue weighted by Gasteiger charge is 2.17. The van der Waals surface area contributed by atoms with Gasteiger partial charge >= 0.3 is 0 Å². The molecule has 2 aromatic heterocycles. The minimum atomic E-state index is 0.140. The molecule has 1 N–H and O–H groups in total. The van der Waals surface area contributed by atoms with Crippen LogP contribution in [0.2, 0.25) is 0 Å². The van der Waals surface area contributed by atoms with Crippen LogP contribution in [-0.4, -0.2) is 16.8 Å². The topological polar surface area (TPSA) is 43.0 Å². The molecule has 0 amide bonds. The summed E-state index contributed by atoms with van der Waals surface area (Å²) in [5.41, 5.74) is 2.32. The predicted molar refractivity (Wildman–Crippen MR) is 66.9 cm³/mol. The summed E-state index contributed by atoms with van der Waals surface area (Å²) in [6, 6.07) is 4.25. The molecule has 0 saturated heterocycles. The van der Waals surface area contributed by atoms with Crippen molar-refractivity contribution in [1.82, 2.24) is 15.1 Å². The van der Waals surface area contributed by atoms with E-state index in [1.807, 2.05) is 24.9 Å². The molecule has 92 valence electrons. The molecule has 1 unspecified atom stereocenters. The average Bonchev–Trinajstić information content (AvgIpc) is 2.91. The summed E-state index contributed by atoms with van der Waals surface area (Å²) in [6.45, 7) is 5.05. The maximum Gasteiger partial charge on any atom is 0.101 e. The molecule has 17 heavy (non-hydrogen) atoms. The van der Waals surface area contributed by atoms with Crippen molar-refractivity contribution in [2.75, 3.05) is 7.05 Å². The zero-order valence-corrected chi connectivity index (χ0v) is 10.6. The van der Waals surface area contributed by atoms with Crippen molar-refractivity contribution >= 4 is 0 Å². The number of hydrogen-bond donors (Lipinski definition) is 1. The standard InChI is InChI=1S/C13H19N3O/c1-4-7-16-12(5-6-15-16)13(14-3)11-8-10(2)17-9-11/h5-6,8-9,13-14H,4,7H2,1-3H3. The highest BCUT2D eigenvalue weighted by Crippen LogP contribution is 2.23. The number of rotatable bonds is 5. The first-order valence-corrected chi connectivity index (χ1v) is 6.00. The second-order valence-electron chi connectivity index (χ2n) is 4.19. The molecule has 2 heterocycles. The first-order valence-electron chi connectivity index (χ1n) is 6.00. The number of hydrogen-bond acceptors (Lipinski definition) is 3. The Hall–Kier alpha value is -1.55. The molecule has 0 aromatic carbocycles. The number of nitrogens with zero attached hydrogens (tertiary/aromatic N) is 2. The van der Waals surface area contributed by atoms with E-state index >= 15 is 0 Å². The largest absolute Gasteiger partial charge is 0.469 e. The van der Waals surface area contributed by atoms with E-state index in [2.05, 4.69) is 29.5 Å². The van der Waals surface area contributed by atoms with Crippen LogP contribution < -0.4 is 5.32 Å². The van der Waals surface area contributed by atoms with Crippen molar-refractivity contribution in [3.05, 3.63) is 41.6 Å². The first kappa shape index (κ1) is 11.9. The Morgan fingerprint density at radius 3 is 2.94 bits per heavy atom. The van der Waals surface area contributed by atoms with E-state index in [1.54, 1.807) is 6.26 Å². The maximum atomic E-state index is 5.38. The lowest BCUT2D eigenvalue weighted by atomic mass is 10.1. The quantitative estimate of drug-likeness (QED) is 0.862. The Balaban J connectivity index is 2.31. The molecule has 0 saturated carbocycles. The molecule has 0 aliphatic heterocycles. The Bertz CT molecular complexity index is 472. The van der Waals surface area contributed by atoms with Crippen LogP contribution in [0.1, 0.15) is 36.4 Å². The van der Waals surface area contributed by atoms with Crippen molar-refractivity contribution < 1.29 is 4.42 Å². The number of aromatic nitrogens is 2. The van der Waals surface area contributed by atoms with Gasteiger partial charge < -0.3 is 9.73 Å². The van der Waals surface area contributed by atoms with Gasteiger partial charge in [0.1, 0.15) is 5.76 Å². The van der Waals surface area contributed by atoms with Crippen LogP contribution in [0.25, 0.3) is 0 Å². The highest BCUT2D eigenvalue weighted by molar-refractivity contribution is 5.26. The van der Waals surface area contributed by atoms with Gasteiger partial charge in [0.25, 0.3) is 0 Å². The van der Waals surface area contributed by atoms with Crippen LogP contribution in [0.15, 0.2) is 29.0 Å². The average molecular weight is 233 g/mol. The molecule has 2 aromatic rings. The number of aryl methyl sites for hydroxylation is 2. The maximum absolute atomic E-state index is 5.38. The normalized spacial score (nSPS) is 12.9. The van der Waals surface area contributed by atoms with Crippen LogP contribution >= 0.6 is 0 Å². The molecular formula is C13H19N3O. The predicted octanol–water partition coefficient (Wildman–Crippen LogP) is 2.50. The third-order valence-corrected chi connectivity index (χ3v) is 2.85. The van der Waals surface area contributed by atoms with Gasteiger partial charge in [0.2, 0.25) is 0 Å². The molecule has 0 aliphatic carbocycles. The Morgan fingerprint density at radius 1 is 1.53 bits per heavy atom. The van der Waals surface area contributed by atoms with Crippen molar-refractivity contribution in [3.63, 3.8) is 0 Å². The molecule has 1 atom stereocenters. The second kappa shape index (κ2) is 5.19. The lowest BCUT2D eigenvalue weighted by Gasteiger charge is -2.16. The monoisotopic (exact) mass is 233 g/mol. The fourth-order valence-electron chi connectivity index (χ4n) is 2.09. The molecule has 0 spiro atoms. The molecule has 0 bridgehead atoms. The van der Waals surface area contributed by atoms with Gasteiger partial charge in [0.05, 0.1) is 18.0 Å². The molecule has 4 heteroatoms. The summed E-state index contributed by atoms with van der Waals surface area (Å²) in [6.07, 6.45) is 4.73. The lowest BCUT2D eigenvalue weighted by Crippen LogP contribution is -2.21. The van der Waals surface area contributed by atoms with Crippen molar-refractivity contribution in [2.45, 2.75) is 32.9 Å². The van der Waals surface area contributed by atoms with Crippen molar-refractivity contribution in [1.29, 1.82) is 0 Å². The zero-order valence-electron chi connectivity index (χ0n) is 10.6. The van der Waals surface area contributed by atoms with Gasteiger partial charge in [-0.05, 0) is 32.5 Å². The molecule has 0 aliphatic rings. The van der Waals surface area contributed by atoms with E-state index < -0.39 is 0 Å². The molecule has 0 radical (unpaired) electrons. The summed E-state index contributed by atoms with van der Waals surface area (Å²) in [7, 11) is 1.95. The van der Waals surface area contributed by atoms with Gasteiger partial charge in [-0.15, -0.1) is 0 Å². The third-order valence-electron chi connectivity index (χ3n) is 2.85. The van der Waals surface area contributed by atoms with Crippen LogP contribution in [0, 0.1) is 6.92 Å². The number of nitrogens with one attached hydrogen (secondary N) is 1. The smallest absolute Gasteiger partial charge is 0.101 e. The van der Waals surface area contributed by atoms with Gasteiger partial charge in [0.15, 0.2) is 0 Å². The Kier molecular flexibility index (Phi) is 3.64. The first-order chi connectivity index (χ1) is 8.26. The van der Waals surface area contributed by atoms with Crippen molar-refractivity contribution in [2.24, 2.45) is 0 Å². The third kappa shape index (κ3) is 2.42. The lowest BCUT2D eigenvalue weighted by molar-refractivity contribution is 0.514. The summed E-state index contributed by atoms with van der Waals surface area (Å²) in [4.78, 5) is 0. The molecule has 2 rings (SSSR count). The van der Waals surface area contributed by atoms with Crippen LogP contribution in [-0.2, 0) is 6.54 Å². The van der Waals surface area contributed by atoms with Gasteiger partial charge in [-0.3, -0.25) is 4.68 Å². The van der Waals surface area contributed by atoms with E-state index in [1.165, 1.54) is 5.69 Å². The molecule has 0 fully saturated rings. The van der Waals surface area contributed by atoms with Gasteiger partial charge in [-0.25, -0.2) is 0 Å². The van der Waals surface area contributed by atoms with E-state index in [0.717, 1.165) is 24.3 Å². The van der Waals surface area contributed by atoms with Crippen LogP contribution in [0.3, 0.4) is 0 Å². The van der Waals surface area contributed by atoms with E-state index in [4.69, 9.17) is 4.42 Å². The Morgan fingerprint density at radius 2 is 2.35 bits per heavy atom. The molecule has 4 nitrogen and oxygen atoms in total. The fourth-order valence-corrected chi connectivity index (χ4v) is 2.09. The van der Waals surface area contributed by atoms with Crippen LogP contribution in [0.4, 0.5) is 0 Å². The van der Waals surface area contributed by atoms with Gasteiger partial charge in [0, 0.05) is 18.3 Å². The minimum Gasteiger partial charge on any atom is -0.469 e. The van der Waals surface area contributed by atoms with E-state index in [9.17, 15) is 0 Å². The summed E-state index contributed by atoms with van der Waals surface area (Å²) in [5.74, 6) is 0.932. The van der Waals surface area contributed by atoms with Gasteiger partial charge in [-0.1, -0.05) is 6.92 Å².